The average Bonchev–Trinajstić information content (AvgIpc) is 3.72. The van der Waals surface area contributed by atoms with Crippen molar-refractivity contribution >= 4 is 17.5 Å². The average molecular weight is 516 g/mol. The summed E-state index contributed by atoms with van der Waals surface area (Å²) in [6.07, 6.45) is 1.49. The fourth-order valence-corrected chi connectivity index (χ4v) is 4.62. The Morgan fingerprint density at radius 1 is 1.14 bits per heavy atom. The Morgan fingerprint density at radius 3 is 2.59 bits per heavy atom. The predicted molar refractivity (Wildman–Crippen MR) is 136 cm³/mol. The van der Waals surface area contributed by atoms with E-state index in [1.165, 1.54) is 6.07 Å². The first-order valence-electron chi connectivity index (χ1n) is 12.7. The van der Waals surface area contributed by atoms with E-state index >= 15 is 0 Å². The fourth-order valence-electron chi connectivity index (χ4n) is 4.62. The number of carbonyl (C=O) groups excluding carboxylic acids is 2. The van der Waals surface area contributed by atoms with Crippen LogP contribution in [0.5, 0.6) is 5.75 Å². The lowest BCUT2D eigenvalue weighted by molar-refractivity contribution is -0.117. The van der Waals surface area contributed by atoms with Crippen molar-refractivity contribution < 1.29 is 27.8 Å². The predicted octanol–water partition coefficient (Wildman–Crippen LogP) is 4.32. The molecule has 2 aromatic carbocycles. The normalized spacial score (nSPS) is 23.5. The zero-order chi connectivity index (χ0) is 26.7. The van der Waals surface area contributed by atoms with Crippen LogP contribution < -0.4 is 10.1 Å². The molecular weight excluding hydrogens is 480 g/mol. The fraction of sp³-hybridized carbons (Fsp3) is 0.500. The van der Waals surface area contributed by atoms with Gasteiger partial charge in [-0.25, -0.2) is 8.78 Å². The first-order chi connectivity index (χ1) is 17.7. The van der Waals surface area contributed by atoms with Crippen molar-refractivity contribution in [2.45, 2.75) is 45.4 Å². The standard InChI is InChI=1S/C28H35F2N3O4/c1-17-13-33(14-20-11-21(29)7-10-24(20)30)18(2)16-37-25-12-22(31-27(34)19-5-6-19)8-9-23(25)28(35)32(3)15-26(17)36-4/h7-12,17-19,26H,5-6,13-16H2,1-4H3,(H,31,34)/t17-,18-,26+/m1/s1. The molecule has 0 aromatic heterocycles. The van der Waals surface area contributed by atoms with Crippen LogP contribution in [0.3, 0.4) is 0 Å². The molecule has 1 fully saturated rings. The van der Waals surface area contributed by atoms with Crippen molar-refractivity contribution in [3.63, 3.8) is 0 Å². The molecule has 2 aromatic rings. The van der Waals surface area contributed by atoms with Gasteiger partial charge in [0, 0.05) is 63.1 Å². The van der Waals surface area contributed by atoms with E-state index in [0.29, 0.717) is 30.1 Å². The third-order valence-electron chi connectivity index (χ3n) is 7.17. The maximum absolute atomic E-state index is 14.5. The van der Waals surface area contributed by atoms with Gasteiger partial charge in [0.1, 0.15) is 24.0 Å². The van der Waals surface area contributed by atoms with Crippen molar-refractivity contribution in [2.24, 2.45) is 11.8 Å². The number of nitrogens with zero attached hydrogens (tertiary/aromatic N) is 2. The van der Waals surface area contributed by atoms with E-state index in [1.807, 2.05) is 18.7 Å². The molecule has 0 unspecified atom stereocenters. The third kappa shape index (κ3) is 6.64. The Hall–Kier alpha value is -3.04. The maximum Gasteiger partial charge on any atom is 0.257 e. The minimum absolute atomic E-state index is 0.0155. The Bertz CT molecular complexity index is 1140. The smallest absolute Gasteiger partial charge is 0.257 e. The highest BCUT2D eigenvalue weighted by Gasteiger charge is 2.31. The zero-order valence-electron chi connectivity index (χ0n) is 21.8. The van der Waals surface area contributed by atoms with Crippen LogP contribution in [0.1, 0.15) is 42.6 Å². The minimum atomic E-state index is -0.493. The van der Waals surface area contributed by atoms with E-state index in [4.69, 9.17) is 9.47 Å². The molecule has 1 aliphatic carbocycles. The summed E-state index contributed by atoms with van der Waals surface area (Å²) in [4.78, 5) is 29.3. The summed E-state index contributed by atoms with van der Waals surface area (Å²) in [5, 5.41) is 2.90. The highest BCUT2D eigenvalue weighted by molar-refractivity contribution is 5.99. The lowest BCUT2D eigenvalue weighted by Gasteiger charge is -2.36. The summed E-state index contributed by atoms with van der Waals surface area (Å²) >= 11 is 0. The third-order valence-corrected chi connectivity index (χ3v) is 7.17. The number of rotatable bonds is 5. The van der Waals surface area contributed by atoms with Crippen molar-refractivity contribution in [1.82, 2.24) is 9.80 Å². The highest BCUT2D eigenvalue weighted by atomic mass is 19.1. The van der Waals surface area contributed by atoms with E-state index in [0.717, 1.165) is 25.0 Å². The van der Waals surface area contributed by atoms with Gasteiger partial charge in [-0.15, -0.1) is 0 Å². The number of amides is 2. The molecule has 37 heavy (non-hydrogen) atoms. The van der Waals surface area contributed by atoms with E-state index in [1.54, 1.807) is 37.3 Å². The van der Waals surface area contributed by atoms with Gasteiger partial charge in [-0.2, -0.15) is 0 Å². The molecule has 1 heterocycles. The minimum Gasteiger partial charge on any atom is -0.491 e. The molecule has 200 valence electrons. The lowest BCUT2D eigenvalue weighted by atomic mass is 10.0. The molecule has 0 radical (unpaired) electrons. The summed E-state index contributed by atoms with van der Waals surface area (Å²) in [7, 11) is 3.32. The second-order valence-corrected chi connectivity index (χ2v) is 10.2. The number of fused-ring (bicyclic) bond motifs is 1. The Labute approximate surface area is 216 Å². The molecule has 7 nitrogen and oxygen atoms in total. The molecule has 9 heteroatoms. The van der Waals surface area contributed by atoms with Gasteiger partial charge >= 0.3 is 0 Å². The van der Waals surface area contributed by atoms with Gasteiger partial charge in [0.25, 0.3) is 5.91 Å². The summed E-state index contributed by atoms with van der Waals surface area (Å²) in [6, 6.07) is 8.30. The van der Waals surface area contributed by atoms with Crippen LogP contribution in [0.15, 0.2) is 36.4 Å². The van der Waals surface area contributed by atoms with Crippen LogP contribution in [0.25, 0.3) is 0 Å². The maximum atomic E-state index is 14.5. The number of carbonyl (C=O) groups is 2. The van der Waals surface area contributed by atoms with E-state index in [-0.39, 0.29) is 54.5 Å². The van der Waals surface area contributed by atoms with Crippen LogP contribution in [0, 0.1) is 23.5 Å². The molecule has 3 atom stereocenters. The zero-order valence-corrected chi connectivity index (χ0v) is 21.8. The molecule has 2 aliphatic rings. The van der Waals surface area contributed by atoms with Gasteiger partial charge in [0.2, 0.25) is 5.91 Å². The molecule has 1 saturated carbocycles. The van der Waals surface area contributed by atoms with Gasteiger partial charge in [0.05, 0.1) is 11.7 Å². The number of hydrogen-bond acceptors (Lipinski definition) is 5. The molecule has 4 rings (SSSR count). The van der Waals surface area contributed by atoms with Crippen molar-refractivity contribution in [1.29, 1.82) is 0 Å². The Morgan fingerprint density at radius 2 is 1.89 bits per heavy atom. The number of methoxy groups -OCH3 is 1. The molecule has 2 amide bonds. The van der Waals surface area contributed by atoms with E-state index in [2.05, 4.69) is 5.32 Å². The van der Waals surface area contributed by atoms with Crippen LogP contribution in [-0.4, -0.2) is 67.6 Å². The van der Waals surface area contributed by atoms with Crippen LogP contribution in [-0.2, 0) is 16.1 Å². The second-order valence-electron chi connectivity index (χ2n) is 10.2. The lowest BCUT2D eigenvalue weighted by Crippen LogP contribution is -2.46. The van der Waals surface area contributed by atoms with Gasteiger partial charge < -0.3 is 19.7 Å². The van der Waals surface area contributed by atoms with Gasteiger partial charge in [-0.3, -0.25) is 14.5 Å². The SMILES string of the molecule is CO[C@H]1CN(C)C(=O)c2ccc(NC(=O)C3CC3)cc2OC[C@@H](C)N(Cc2cc(F)ccc2F)C[C@H]1C. The largest absolute Gasteiger partial charge is 0.491 e. The molecule has 1 N–H and O–H groups in total. The summed E-state index contributed by atoms with van der Waals surface area (Å²) in [6.45, 7) is 5.21. The molecule has 0 bridgehead atoms. The number of likely N-dealkylation sites (N-methyl/N-ethyl adjacent to an activating group) is 1. The van der Waals surface area contributed by atoms with Crippen molar-refractivity contribution in [3.8, 4) is 5.75 Å². The summed E-state index contributed by atoms with van der Waals surface area (Å²) in [5.41, 5.74) is 1.20. The monoisotopic (exact) mass is 515 g/mol. The second kappa shape index (κ2) is 11.6. The Kier molecular flexibility index (Phi) is 8.44. The van der Waals surface area contributed by atoms with Crippen LogP contribution >= 0.6 is 0 Å². The topological polar surface area (TPSA) is 71.1 Å². The number of nitrogens with one attached hydrogen (secondary N) is 1. The number of anilines is 1. The molecule has 1 aliphatic heterocycles. The number of ether oxygens (including phenoxy) is 2. The van der Waals surface area contributed by atoms with Gasteiger partial charge in [-0.05, 0) is 56.0 Å². The molecule has 0 saturated heterocycles. The van der Waals surface area contributed by atoms with E-state index < -0.39 is 11.6 Å². The summed E-state index contributed by atoms with van der Waals surface area (Å²) < 4.78 is 40.3. The first-order valence-corrected chi connectivity index (χ1v) is 12.7. The summed E-state index contributed by atoms with van der Waals surface area (Å²) in [5.74, 6) is -0.827. The number of hydrogen-bond donors (Lipinski definition) is 1. The number of benzene rings is 2. The first kappa shape index (κ1) is 27.0. The quantitative estimate of drug-likeness (QED) is 0.642. The number of halogens is 2. The highest BCUT2D eigenvalue weighted by Crippen LogP contribution is 2.32. The van der Waals surface area contributed by atoms with Crippen LogP contribution in [0.4, 0.5) is 14.5 Å². The van der Waals surface area contributed by atoms with Gasteiger partial charge in [-0.1, -0.05) is 6.92 Å². The van der Waals surface area contributed by atoms with Crippen molar-refractivity contribution in [3.05, 3.63) is 59.2 Å². The van der Waals surface area contributed by atoms with Crippen LogP contribution in [0.2, 0.25) is 0 Å². The van der Waals surface area contributed by atoms with E-state index in [9.17, 15) is 18.4 Å². The molecule has 0 spiro atoms. The van der Waals surface area contributed by atoms with Crippen molar-refractivity contribution in [2.75, 3.05) is 39.2 Å². The van der Waals surface area contributed by atoms with Gasteiger partial charge in [0.15, 0.2) is 0 Å². The molecular formula is C28H35F2N3O4. The Balaban J connectivity index is 1.64.